The van der Waals surface area contributed by atoms with E-state index in [1.165, 1.54) is 4.90 Å². The molecule has 0 radical (unpaired) electrons. The molecule has 2 amide bonds. The molecule has 6 rings (SSSR count). The van der Waals surface area contributed by atoms with Crippen LogP contribution < -0.4 is 0 Å². The summed E-state index contributed by atoms with van der Waals surface area (Å²) in [5.41, 5.74) is 4.38. The first-order valence-corrected chi connectivity index (χ1v) is 12.3. The average Bonchev–Trinajstić information content (AvgIpc) is 3.08. The van der Waals surface area contributed by atoms with E-state index in [1.54, 1.807) is 0 Å². The van der Waals surface area contributed by atoms with Crippen molar-refractivity contribution in [1.29, 1.82) is 0 Å². The summed E-state index contributed by atoms with van der Waals surface area (Å²) in [6.45, 7) is 3.62. The zero-order valence-electron chi connectivity index (χ0n) is 18.4. The number of hydrogen-bond acceptors (Lipinski definition) is 4. The molecule has 1 aliphatic heterocycles. The van der Waals surface area contributed by atoms with Crippen molar-refractivity contribution in [3.63, 3.8) is 0 Å². The first-order valence-electron chi connectivity index (χ1n) is 11.3. The number of amides is 2. The van der Waals surface area contributed by atoms with Crippen molar-refractivity contribution in [2.24, 2.45) is 17.8 Å². The first kappa shape index (κ1) is 22.4. The summed E-state index contributed by atoms with van der Waals surface area (Å²) in [7, 11) is 0. The molecule has 0 unspecified atom stereocenters. The highest BCUT2D eigenvalue weighted by Crippen LogP contribution is 2.61. The number of halogens is 2. The fourth-order valence-corrected chi connectivity index (χ4v) is 6.44. The van der Waals surface area contributed by atoms with Gasteiger partial charge in [-0.25, -0.2) is 4.79 Å². The molecule has 33 heavy (non-hydrogen) atoms. The lowest BCUT2D eigenvalue weighted by Gasteiger charge is -2.45. The van der Waals surface area contributed by atoms with Crippen LogP contribution in [0.2, 0.25) is 0 Å². The summed E-state index contributed by atoms with van der Waals surface area (Å²) in [6, 6.07) is 15.1. The van der Waals surface area contributed by atoms with Crippen LogP contribution in [0.4, 0.5) is 0 Å². The second-order valence-corrected chi connectivity index (χ2v) is 9.98. The summed E-state index contributed by atoms with van der Waals surface area (Å²) in [5.74, 6) is -2.95. The summed E-state index contributed by atoms with van der Waals surface area (Å²) >= 11 is 11.7. The number of imide groups is 1. The summed E-state index contributed by atoms with van der Waals surface area (Å²) in [4.78, 5) is 42.1. The van der Waals surface area contributed by atoms with Gasteiger partial charge in [0.25, 0.3) is 0 Å². The smallest absolute Gasteiger partial charge is 0.329 e. The SMILES string of the molecule is CC(C)[C@@H](C(=O)OC(CCl)CCl)N1C(=O)[C@@H]2C3c4ccccc4C(c4ccccc43)[C@@H]2C1=O. The zero-order valence-corrected chi connectivity index (χ0v) is 19.9. The Kier molecular flexibility index (Phi) is 5.74. The Balaban J connectivity index is 1.59. The fraction of sp³-hybridized carbons (Fsp3) is 0.423. The van der Waals surface area contributed by atoms with Gasteiger partial charge in [0.15, 0.2) is 0 Å². The van der Waals surface area contributed by atoms with Gasteiger partial charge < -0.3 is 4.74 Å². The monoisotopic (exact) mass is 485 g/mol. The van der Waals surface area contributed by atoms with Crippen LogP contribution in [0, 0.1) is 17.8 Å². The molecule has 1 heterocycles. The second kappa shape index (κ2) is 8.44. The van der Waals surface area contributed by atoms with Crippen LogP contribution >= 0.6 is 23.2 Å². The van der Waals surface area contributed by atoms with Gasteiger partial charge in [-0.2, -0.15) is 0 Å². The maximum Gasteiger partial charge on any atom is 0.329 e. The van der Waals surface area contributed by atoms with E-state index in [1.807, 2.05) is 38.1 Å². The van der Waals surface area contributed by atoms with E-state index in [0.717, 1.165) is 22.3 Å². The van der Waals surface area contributed by atoms with Gasteiger partial charge in [-0.3, -0.25) is 14.5 Å². The minimum absolute atomic E-state index is 0.0436. The molecule has 1 fully saturated rings. The van der Waals surface area contributed by atoms with Crippen molar-refractivity contribution >= 4 is 41.0 Å². The Morgan fingerprint density at radius 3 is 1.58 bits per heavy atom. The summed E-state index contributed by atoms with van der Waals surface area (Å²) in [5, 5.41) is 0. The number of carbonyl (C=O) groups is 3. The van der Waals surface area contributed by atoms with Crippen LogP contribution in [-0.4, -0.2) is 46.6 Å². The van der Waals surface area contributed by atoms with Crippen molar-refractivity contribution in [3.8, 4) is 0 Å². The van der Waals surface area contributed by atoms with Crippen molar-refractivity contribution < 1.29 is 19.1 Å². The third kappa shape index (κ3) is 3.23. The minimum Gasteiger partial charge on any atom is -0.458 e. The zero-order chi connectivity index (χ0) is 23.4. The lowest BCUT2D eigenvalue weighted by molar-refractivity contribution is -0.163. The predicted molar refractivity (Wildman–Crippen MR) is 125 cm³/mol. The molecular weight excluding hydrogens is 461 g/mol. The van der Waals surface area contributed by atoms with Crippen molar-refractivity contribution in [3.05, 3.63) is 70.8 Å². The molecule has 1 saturated heterocycles. The minimum atomic E-state index is -1.02. The quantitative estimate of drug-likeness (QED) is 0.347. The third-order valence-electron chi connectivity index (χ3n) is 7.26. The lowest BCUT2D eigenvalue weighted by Crippen LogP contribution is -2.50. The maximum atomic E-state index is 13.9. The molecule has 5 nitrogen and oxygen atoms in total. The molecule has 2 bridgehead atoms. The van der Waals surface area contributed by atoms with Crippen molar-refractivity contribution in [2.75, 3.05) is 11.8 Å². The van der Waals surface area contributed by atoms with E-state index in [2.05, 4.69) is 24.3 Å². The van der Waals surface area contributed by atoms with Crippen LogP contribution in [-0.2, 0) is 19.1 Å². The molecule has 7 heteroatoms. The highest BCUT2D eigenvalue weighted by atomic mass is 35.5. The van der Waals surface area contributed by atoms with Crippen LogP contribution in [0.1, 0.15) is 47.9 Å². The second-order valence-electron chi connectivity index (χ2n) is 9.37. The Morgan fingerprint density at radius 2 is 1.24 bits per heavy atom. The highest BCUT2D eigenvalue weighted by molar-refractivity contribution is 6.21. The Bertz CT molecular complexity index is 1010. The number of rotatable bonds is 6. The molecule has 0 saturated carbocycles. The number of carbonyl (C=O) groups excluding carboxylic acids is 3. The van der Waals surface area contributed by atoms with Gasteiger partial charge in [-0.1, -0.05) is 62.4 Å². The van der Waals surface area contributed by atoms with E-state index in [4.69, 9.17) is 27.9 Å². The van der Waals surface area contributed by atoms with E-state index in [0.29, 0.717) is 0 Å². The Hall–Kier alpha value is -2.37. The van der Waals surface area contributed by atoms with Gasteiger partial charge in [0, 0.05) is 11.8 Å². The molecular formula is C26H25Cl2NO4. The lowest BCUT2D eigenvalue weighted by atomic mass is 9.55. The van der Waals surface area contributed by atoms with Gasteiger partial charge in [0.1, 0.15) is 12.1 Å². The fourth-order valence-electron chi connectivity index (χ4n) is 5.99. The molecule has 172 valence electrons. The molecule has 2 aromatic carbocycles. The number of alkyl halides is 2. The van der Waals surface area contributed by atoms with Crippen LogP contribution in [0.3, 0.4) is 0 Å². The molecule has 2 aromatic rings. The number of hydrogen-bond donors (Lipinski definition) is 0. The molecule has 0 spiro atoms. The molecule has 0 N–H and O–H groups in total. The van der Waals surface area contributed by atoms with E-state index in [-0.39, 0.29) is 41.3 Å². The van der Waals surface area contributed by atoms with Crippen LogP contribution in [0.5, 0.6) is 0 Å². The van der Waals surface area contributed by atoms with Gasteiger partial charge in [-0.15, -0.1) is 23.2 Å². The average molecular weight is 486 g/mol. The maximum absolute atomic E-state index is 13.9. The number of likely N-dealkylation sites (tertiary alicyclic amines) is 1. The molecule has 3 atom stereocenters. The molecule has 4 aliphatic rings. The van der Waals surface area contributed by atoms with Crippen molar-refractivity contribution in [2.45, 2.75) is 37.8 Å². The van der Waals surface area contributed by atoms with Gasteiger partial charge in [-0.05, 0) is 28.2 Å². The van der Waals surface area contributed by atoms with Crippen LogP contribution in [0.25, 0.3) is 0 Å². The predicted octanol–water partition coefficient (Wildman–Crippen LogP) is 4.29. The van der Waals surface area contributed by atoms with Gasteiger partial charge >= 0.3 is 5.97 Å². The van der Waals surface area contributed by atoms with E-state index < -0.39 is 30.0 Å². The third-order valence-corrected chi connectivity index (χ3v) is 7.95. The normalized spacial score (nSPS) is 25.8. The molecule has 3 aliphatic carbocycles. The topological polar surface area (TPSA) is 63.7 Å². The summed E-state index contributed by atoms with van der Waals surface area (Å²) < 4.78 is 5.48. The van der Waals surface area contributed by atoms with E-state index in [9.17, 15) is 14.4 Å². The van der Waals surface area contributed by atoms with Gasteiger partial charge in [0.2, 0.25) is 11.8 Å². The standard InChI is InChI=1S/C26H25Cl2NO4/c1-13(2)23(26(32)33-14(11-27)12-28)29-24(30)21-19-15-7-3-4-8-16(15)20(22(21)25(29)31)18-10-6-5-9-17(18)19/h3-10,13-14,19-23H,11-12H2,1-2H3/t19?,20?,21-,22+,23-/m0/s1. The van der Waals surface area contributed by atoms with Gasteiger partial charge in [0.05, 0.1) is 23.6 Å². The summed E-state index contributed by atoms with van der Waals surface area (Å²) in [6.07, 6.45) is -0.679. The number of ether oxygens (including phenoxy) is 1. The van der Waals surface area contributed by atoms with Crippen LogP contribution in [0.15, 0.2) is 48.5 Å². The highest BCUT2D eigenvalue weighted by Gasteiger charge is 2.63. The van der Waals surface area contributed by atoms with E-state index >= 15 is 0 Å². The van der Waals surface area contributed by atoms with Crippen molar-refractivity contribution in [1.82, 2.24) is 4.90 Å². The first-order chi connectivity index (χ1) is 15.9. The largest absolute Gasteiger partial charge is 0.458 e. The number of benzene rings is 2. The Morgan fingerprint density at radius 1 is 0.848 bits per heavy atom. The Labute approximate surface area is 203 Å². The molecule has 0 aromatic heterocycles. The number of nitrogens with zero attached hydrogens (tertiary/aromatic N) is 1. The number of esters is 1.